The Bertz CT molecular complexity index is 539. The van der Waals surface area contributed by atoms with E-state index >= 15 is 0 Å². The Kier molecular flexibility index (Phi) is 4.43. The van der Waals surface area contributed by atoms with Gasteiger partial charge in [-0.15, -0.1) is 0 Å². The molecule has 0 aromatic heterocycles. The number of hydrogen-bond acceptors (Lipinski definition) is 9. The minimum Gasteiger partial charge on any atom is -0.198 e. The van der Waals surface area contributed by atoms with E-state index in [2.05, 4.69) is 10.4 Å². The monoisotopic (exact) mass is 352 g/mol. The fraction of sp³-hybridized carbons (Fsp3) is 0.250. The van der Waals surface area contributed by atoms with Gasteiger partial charge in [0, 0.05) is 21.9 Å². The Morgan fingerprint density at radius 2 is 1.94 bits per heavy atom. The van der Waals surface area contributed by atoms with Crippen molar-refractivity contribution in [2.45, 2.75) is 22.6 Å². The molecule has 0 saturated heterocycles. The topological polar surface area (TPSA) is 36.7 Å². The van der Waals surface area contributed by atoms with Crippen molar-refractivity contribution < 1.29 is 0 Å². The number of hydrogen-bond donors (Lipinski definition) is 0. The van der Waals surface area contributed by atoms with E-state index in [1.807, 2.05) is 31.4 Å². The Hall–Kier alpha value is 0.830. The van der Waals surface area contributed by atoms with Gasteiger partial charge in [0.2, 0.25) is 0 Å². The Labute approximate surface area is 125 Å². The van der Waals surface area contributed by atoms with Crippen LogP contribution in [-0.4, -0.2) is 4.37 Å². The molecule has 0 atom stereocenters. The summed E-state index contributed by atoms with van der Waals surface area (Å²) in [5, 5.41) is 8.76. The molecule has 0 N–H and O–H groups in total. The predicted molar refractivity (Wildman–Crippen MR) is 85.0 cm³/mol. The van der Waals surface area contributed by atoms with E-state index in [1.54, 1.807) is 40.5 Å². The number of rotatable bonds is 2. The normalized spacial score (nSPS) is 15.5. The van der Waals surface area contributed by atoms with E-state index in [0.29, 0.717) is 6.42 Å². The van der Waals surface area contributed by atoms with Gasteiger partial charge >= 0.3 is 0 Å². The molecule has 2 heterocycles. The van der Waals surface area contributed by atoms with Gasteiger partial charge in [-0.3, -0.25) is 0 Å². The molecule has 17 heavy (non-hydrogen) atoms. The lowest BCUT2D eigenvalue weighted by Crippen LogP contribution is -1.85. The first-order chi connectivity index (χ1) is 8.42. The second-order valence-electron chi connectivity index (χ2n) is 3.09. The van der Waals surface area contributed by atoms with Crippen molar-refractivity contribution in [1.82, 2.24) is 4.37 Å². The van der Waals surface area contributed by atoms with Crippen LogP contribution < -0.4 is 0 Å². The molecule has 3 aliphatic rings. The van der Waals surface area contributed by atoms with E-state index in [4.69, 9.17) is 5.26 Å². The van der Waals surface area contributed by atoms with Crippen molar-refractivity contribution in [2.24, 2.45) is 0 Å². The van der Waals surface area contributed by atoms with Crippen molar-refractivity contribution in [3.05, 3.63) is 5.56 Å². The summed E-state index contributed by atoms with van der Waals surface area (Å²) < 4.78 is 4.51. The van der Waals surface area contributed by atoms with E-state index in [0.717, 1.165) is 12.1 Å². The van der Waals surface area contributed by atoms with Crippen molar-refractivity contribution in [3.63, 3.8) is 0 Å². The standard InChI is InChI=1S/C8H4N2S7/c9-3-1-2-4-5-7(11-14-10-5)8-6(4)12-15-17-16-13-8/h1-2H2. The highest BCUT2D eigenvalue weighted by Crippen LogP contribution is 2.64. The molecule has 1 aliphatic carbocycles. The Morgan fingerprint density at radius 3 is 2.76 bits per heavy atom. The van der Waals surface area contributed by atoms with Gasteiger partial charge in [0.05, 0.1) is 15.8 Å². The zero-order chi connectivity index (χ0) is 11.7. The first kappa shape index (κ1) is 12.8. The van der Waals surface area contributed by atoms with Crippen molar-refractivity contribution in [3.8, 4) is 16.6 Å². The van der Waals surface area contributed by atoms with Gasteiger partial charge in [-0.1, -0.05) is 10.3 Å². The summed E-state index contributed by atoms with van der Waals surface area (Å²) in [6, 6.07) is 2.23. The second kappa shape index (κ2) is 5.86. The fourth-order valence-corrected chi connectivity index (χ4v) is 13.3. The third-order valence-corrected chi connectivity index (χ3v) is 12.7. The molecule has 0 unspecified atom stereocenters. The van der Waals surface area contributed by atoms with Crippen LogP contribution in [0.3, 0.4) is 0 Å². The number of aromatic nitrogens is 1. The molecule has 0 amide bonds. The van der Waals surface area contributed by atoms with Crippen LogP contribution in [0.2, 0.25) is 0 Å². The minimum atomic E-state index is 0.573. The van der Waals surface area contributed by atoms with Gasteiger partial charge in [-0.2, -0.15) is 9.64 Å². The molecule has 0 spiro atoms. The predicted octanol–water partition coefficient (Wildman–Crippen LogP) is 5.82. The van der Waals surface area contributed by atoms with Crippen LogP contribution in [0, 0.1) is 11.3 Å². The van der Waals surface area contributed by atoms with Crippen LogP contribution in [-0.2, 0) is 6.42 Å². The smallest absolute Gasteiger partial charge is 0.101 e. The summed E-state index contributed by atoms with van der Waals surface area (Å²) >= 11 is 0. The highest BCUT2D eigenvalue weighted by Gasteiger charge is 2.29. The molecule has 2 aliphatic heterocycles. The quantitative estimate of drug-likeness (QED) is 0.630. The summed E-state index contributed by atoms with van der Waals surface area (Å²) in [5.41, 5.74) is 2.41. The number of fused-ring (bicyclic) bond motifs is 3. The zero-order valence-electron chi connectivity index (χ0n) is 8.17. The largest absolute Gasteiger partial charge is 0.198 e. The van der Waals surface area contributed by atoms with Crippen LogP contribution in [0.5, 0.6) is 0 Å². The lowest BCUT2D eigenvalue weighted by Gasteiger charge is -1.99. The molecule has 0 aromatic rings. The van der Waals surface area contributed by atoms with Gasteiger partial charge in [0.15, 0.2) is 0 Å². The van der Waals surface area contributed by atoms with Crippen molar-refractivity contribution in [1.29, 1.82) is 5.26 Å². The van der Waals surface area contributed by atoms with Gasteiger partial charge in [0.25, 0.3) is 0 Å². The van der Waals surface area contributed by atoms with Gasteiger partial charge in [0.1, 0.15) is 5.69 Å². The van der Waals surface area contributed by atoms with E-state index in [9.17, 15) is 0 Å². The maximum atomic E-state index is 8.76. The number of nitrogens with zero attached hydrogens (tertiary/aromatic N) is 2. The molecule has 2 nitrogen and oxygen atoms in total. The Balaban J connectivity index is 2.09. The maximum Gasteiger partial charge on any atom is 0.101 e. The summed E-state index contributed by atoms with van der Waals surface area (Å²) in [6.07, 6.45) is 1.40. The van der Waals surface area contributed by atoms with Gasteiger partial charge in [-0.25, -0.2) is 0 Å². The summed E-state index contributed by atoms with van der Waals surface area (Å²) in [5.74, 6) is 0. The first-order valence-electron chi connectivity index (χ1n) is 4.53. The zero-order valence-corrected chi connectivity index (χ0v) is 13.9. The first-order valence-corrected chi connectivity index (χ1v) is 12.8. The lowest BCUT2D eigenvalue weighted by molar-refractivity contribution is 0.982. The van der Waals surface area contributed by atoms with Crippen LogP contribution in [0.15, 0.2) is 9.79 Å². The van der Waals surface area contributed by atoms with E-state index in [1.165, 1.54) is 20.2 Å². The maximum absolute atomic E-state index is 8.76. The average Bonchev–Trinajstić information content (AvgIpc) is 2.81. The third-order valence-electron chi connectivity index (χ3n) is 2.21. The molecule has 0 radical (unpaired) electrons. The van der Waals surface area contributed by atoms with E-state index < -0.39 is 0 Å². The van der Waals surface area contributed by atoms with Crippen LogP contribution in [0.1, 0.15) is 12.0 Å². The molecule has 0 bridgehead atoms. The molecular weight excluding hydrogens is 349 g/mol. The second-order valence-corrected chi connectivity index (χ2v) is 12.4. The molecule has 88 valence electrons. The summed E-state index contributed by atoms with van der Waals surface area (Å²) in [7, 11) is 12.4. The summed E-state index contributed by atoms with van der Waals surface area (Å²) in [4.78, 5) is 4.01. The molecule has 0 fully saturated rings. The number of nitriles is 1. The van der Waals surface area contributed by atoms with Gasteiger partial charge in [-0.05, 0) is 63.0 Å². The molecule has 3 rings (SSSR count). The molecular formula is C8H4N2S7. The van der Waals surface area contributed by atoms with Crippen LogP contribution >= 0.6 is 71.9 Å². The molecule has 0 aromatic carbocycles. The van der Waals surface area contributed by atoms with Crippen molar-refractivity contribution in [2.75, 3.05) is 0 Å². The minimum absolute atomic E-state index is 0.573. The lowest BCUT2D eigenvalue weighted by atomic mass is 10.1. The molecule has 9 heteroatoms. The van der Waals surface area contributed by atoms with Gasteiger partial charge < -0.3 is 0 Å². The average molecular weight is 353 g/mol. The molecule has 0 saturated carbocycles. The highest BCUT2D eigenvalue weighted by atomic mass is 33.8. The highest BCUT2D eigenvalue weighted by molar-refractivity contribution is 9.36. The van der Waals surface area contributed by atoms with Crippen LogP contribution in [0.4, 0.5) is 0 Å². The summed E-state index contributed by atoms with van der Waals surface area (Å²) in [6.45, 7) is 0. The fourth-order valence-electron chi connectivity index (χ4n) is 1.54. The van der Waals surface area contributed by atoms with Crippen molar-refractivity contribution >= 4 is 71.9 Å². The Morgan fingerprint density at radius 1 is 1.12 bits per heavy atom. The van der Waals surface area contributed by atoms with Crippen LogP contribution in [0.25, 0.3) is 10.6 Å². The SMILES string of the molecule is N#CCCc1c2nssc-2c2c1SSSSS2. The third kappa shape index (κ3) is 2.45. The van der Waals surface area contributed by atoms with E-state index in [-0.39, 0.29) is 0 Å².